The Bertz CT molecular complexity index is 1350. The number of carboxylic acids is 1. The molecule has 21 heteroatoms. The summed E-state index contributed by atoms with van der Waals surface area (Å²) >= 11 is 3.01. The fourth-order valence-corrected chi connectivity index (χ4v) is 6.48. The summed E-state index contributed by atoms with van der Waals surface area (Å²) in [6.07, 6.45) is 2.36. The molecule has 2 aliphatic heterocycles. The second-order valence-electron chi connectivity index (χ2n) is 12.6. The molecule has 324 valence electrons. The lowest BCUT2D eigenvalue weighted by molar-refractivity contribution is -0.197. The number of aliphatic carboxylic acids is 1. The second-order valence-corrected chi connectivity index (χ2v) is 15.0. The van der Waals surface area contributed by atoms with Gasteiger partial charge in [-0.15, -0.1) is 5.06 Å². The molecule has 2 fully saturated rings. The minimum absolute atomic E-state index is 0.0171. The molecule has 0 atom stereocenters. The van der Waals surface area contributed by atoms with Crippen LogP contribution < -0.4 is 0 Å². The Morgan fingerprint density at radius 1 is 0.561 bits per heavy atom. The van der Waals surface area contributed by atoms with Crippen LogP contribution in [0.4, 0.5) is 0 Å². The minimum atomic E-state index is -0.802. The van der Waals surface area contributed by atoms with Gasteiger partial charge in [0.25, 0.3) is 23.6 Å². The average Bonchev–Trinajstić information content (AvgIpc) is 3.67. The lowest BCUT2D eigenvalue weighted by Crippen LogP contribution is -2.40. The van der Waals surface area contributed by atoms with Crippen molar-refractivity contribution in [3.63, 3.8) is 0 Å². The van der Waals surface area contributed by atoms with Gasteiger partial charge in [-0.2, -0.15) is 28.6 Å². The normalized spacial score (nSPS) is 13.3. The van der Waals surface area contributed by atoms with Crippen molar-refractivity contribution in [3.8, 4) is 0 Å². The monoisotopic (exact) mass is 848 g/mol. The minimum Gasteiger partial charge on any atom is -0.481 e. The number of carboxylic acid groups (broad SMARTS) is 1. The van der Waals surface area contributed by atoms with E-state index in [-0.39, 0.29) is 67.2 Å². The van der Waals surface area contributed by atoms with E-state index in [0.29, 0.717) is 93.0 Å². The maximum Gasteiger partial charge on any atom is 0.334 e. The van der Waals surface area contributed by atoms with E-state index < -0.39 is 35.6 Å². The summed E-state index contributed by atoms with van der Waals surface area (Å²) in [6.45, 7) is 10.3. The highest BCUT2D eigenvalue weighted by Gasteiger charge is 2.32. The van der Waals surface area contributed by atoms with E-state index in [2.05, 4.69) is 0 Å². The Hall–Kier alpha value is -4.24. The molecule has 0 bridgehead atoms. The van der Waals surface area contributed by atoms with Crippen molar-refractivity contribution in [2.45, 2.75) is 91.9 Å². The molecule has 0 unspecified atom stereocenters. The van der Waals surface area contributed by atoms with Crippen LogP contribution in [-0.4, -0.2) is 176 Å². The Balaban J connectivity index is 0.000000943. The highest BCUT2D eigenvalue weighted by atomic mass is 32.2. The largest absolute Gasteiger partial charge is 0.481 e. The Morgan fingerprint density at radius 2 is 0.930 bits per heavy atom. The third kappa shape index (κ3) is 22.3. The summed E-state index contributed by atoms with van der Waals surface area (Å²) in [5.41, 5.74) is 0. The molecule has 2 aliphatic rings. The predicted molar refractivity (Wildman–Crippen MR) is 211 cm³/mol. The summed E-state index contributed by atoms with van der Waals surface area (Å²) in [7, 11) is 3.46. The molecule has 0 aliphatic carbocycles. The number of nitrogens with zero attached hydrogens (tertiary/aromatic N) is 6. The molecule has 0 spiro atoms. The molecular formula is C36H60N6O13S2. The van der Waals surface area contributed by atoms with E-state index in [9.17, 15) is 47.9 Å². The molecule has 57 heavy (non-hydrogen) atoms. The van der Waals surface area contributed by atoms with Gasteiger partial charge in [-0.25, -0.2) is 4.79 Å². The van der Waals surface area contributed by atoms with E-state index in [1.54, 1.807) is 47.5 Å². The van der Waals surface area contributed by atoms with Crippen LogP contribution in [0.3, 0.4) is 0 Å². The van der Waals surface area contributed by atoms with E-state index in [1.807, 2.05) is 13.8 Å². The van der Waals surface area contributed by atoms with Crippen LogP contribution in [0.25, 0.3) is 0 Å². The van der Waals surface area contributed by atoms with E-state index in [4.69, 9.17) is 15.2 Å². The zero-order valence-corrected chi connectivity index (χ0v) is 35.7. The third-order valence-electron chi connectivity index (χ3n) is 8.32. The Kier molecular flexibility index (Phi) is 27.7. The van der Waals surface area contributed by atoms with Gasteiger partial charge in [-0.1, -0.05) is 27.7 Å². The number of hydrogen-bond donors (Lipinski definition) is 2. The number of carbonyl (C=O) groups is 10. The molecule has 19 nitrogen and oxygen atoms in total. The van der Waals surface area contributed by atoms with Gasteiger partial charge < -0.3 is 29.5 Å². The summed E-state index contributed by atoms with van der Waals surface area (Å²) in [6, 6.07) is 0. The molecule has 0 aromatic heterocycles. The van der Waals surface area contributed by atoms with Crippen molar-refractivity contribution in [1.82, 2.24) is 29.7 Å². The van der Waals surface area contributed by atoms with Crippen molar-refractivity contribution in [1.29, 1.82) is 0 Å². The molecule has 0 aromatic carbocycles. The van der Waals surface area contributed by atoms with Gasteiger partial charge in [0.15, 0.2) is 0 Å². The lowest BCUT2D eigenvalue weighted by Gasteiger charge is -2.25. The van der Waals surface area contributed by atoms with Crippen LogP contribution in [0.5, 0.6) is 0 Å². The Labute approximate surface area is 343 Å². The van der Waals surface area contributed by atoms with Gasteiger partial charge >= 0.3 is 11.9 Å². The first-order chi connectivity index (χ1) is 26.9. The maximum absolute atomic E-state index is 12.1. The van der Waals surface area contributed by atoms with Crippen molar-refractivity contribution < 1.29 is 63.1 Å². The van der Waals surface area contributed by atoms with Crippen LogP contribution >= 0.6 is 23.5 Å². The van der Waals surface area contributed by atoms with E-state index in [0.717, 1.165) is 0 Å². The average molecular weight is 849 g/mol. The number of carbonyl (C=O) groups excluding carboxylic acids is 9. The quantitative estimate of drug-likeness (QED) is 0.0845. The predicted octanol–water partition coefficient (Wildman–Crippen LogP) is 1.65. The van der Waals surface area contributed by atoms with Gasteiger partial charge in [0.2, 0.25) is 23.6 Å². The van der Waals surface area contributed by atoms with Gasteiger partial charge in [0.1, 0.15) is 0 Å². The van der Waals surface area contributed by atoms with Crippen molar-refractivity contribution in [2.24, 2.45) is 0 Å². The number of amides is 8. The van der Waals surface area contributed by atoms with Gasteiger partial charge in [0.05, 0.1) is 12.8 Å². The second kappa shape index (κ2) is 29.9. The first kappa shape index (κ1) is 52.8. The van der Waals surface area contributed by atoms with Crippen LogP contribution in [-0.2, 0) is 52.8 Å². The molecule has 2 heterocycles. The molecular weight excluding hydrogens is 789 g/mol. The summed E-state index contributed by atoms with van der Waals surface area (Å²) in [5.74, 6) is -0.898. The molecule has 2 N–H and O–H groups in total. The number of hydrogen-bond acceptors (Lipinski definition) is 14. The van der Waals surface area contributed by atoms with Gasteiger partial charge in [-0.05, 0) is 0 Å². The Morgan fingerprint density at radius 3 is 1.26 bits per heavy atom. The van der Waals surface area contributed by atoms with Crippen LogP contribution in [0.2, 0.25) is 0 Å². The molecule has 0 aromatic rings. The van der Waals surface area contributed by atoms with Crippen molar-refractivity contribution in [2.75, 3.05) is 76.4 Å². The van der Waals surface area contributed by atoms with E-state index >= 15 is 0 Å². The van der Waals surface area contributed by atoms with Crippen molar-refractivity contribution >= 4 is 82.7 Å². The summed E-state index contributed by atoms with van der Waals surface area (Å²) in [4.78, 5) is 124. The summed E-state index contributed by atoms with van der Waals surface area (Å²) in [5, 5.41) is 17.7. The summed E-state index contributed by atoms with van der Waals surface area (Å²) < 4.78 is 0. The van der Waals surface area contributed by atoms with Crippen LogP contribution in [0, 0.1) is 0 Å². The van der Waals surface area contributed by atoms with Gasteiger partial charge in [0, 0.05) is 128 Å². The third-order valence-corrected chi connectivity index (χ3v) is 10.3. The molecule has 8 amide bonds. The van der Waals surface area contributed by atoms with E-state index in [1.165, 1.54) is 23.5 Å². The fourth-order valence-electron chi connectivity index (χ4n) is 4.74. The molecule has 2 saturated heterocycles. The first-order valence-electron chi connectivity index (χ1n) is 19.0. The molecule has 0 radical (unpaired) electrons. The van der Waals surface area contributed by atoms with Gasteiger partial charge in [-0.3, -0.25) is 48.4 Å². The molecule has 0 saturated carbocycles. The fraction of sp³-hybridized carbons (Fsp3) is 0.722. The molecule has 2 rings (SSSR count). The van der Waals surface area contributed by atoms with Crippen molar-refractivity contribution in [3.05, 3.63) is 0 Å². The zero-order chi connectivity index (χ0) is 43.5. The van der Waals surface area contributed by atoms with Crippen LogP contribution in [0.1, 0.15) is 91.9 Å². The number of imide groups is 2. The topological polar surface area (TPSA) is 240 Å². The number of hydroxylamine groups is 4. The smallest absolute Gasteiger partial charge is 0.334 e. The highest BCUT2D eigenvalue weighted by Crippen LogP contribution is 2.14. The lowest BCUT2D eigenvalue weighted by atomic mass is 10.3. The standard InChI is InChI=1S/C18H29N3O6S.C14H26N2O4S.C4H5NO3/c1-4-14(22)19(3)9-10-20(15(23)5-2)11-13-28-12-8-18(26)27-21-16(24)6-7-17(21)25;1-4-12(17)15(3)7-8-16(13(18)5-2)9-11-21-10-6-14(19)20;6-3-1-2-4(7)5(3)8/h4-13H2,1-3H3;4-11H2,1-3H3,(H,19,20);8H,1-2H2. The maximum atomic E-state index is 12.1. The highest BCUT2D eigenvalue weighted by molar-refractivity contribution is 7.99. The first-order valence-corrected chi connectivity index (χ1v) is 21.3. The zero-order valence-electron chi connectivity index (χ0n) is 34.0. The SMILES string of the molecule is CCC(=O)N(C)CCN(CCSCCC(=O)O)C(=O)CC.CCC(=O)N(C)CCN(CCSCCC(=O)ON1C(=O)CCC1=O)C(=O)CC.O=C1CCC(=O)N1O. The number of thioether (sulfide) groups is 2. The van der Waals surface area contributed by atoms with Crippen LogP contribution in [0.15, 0.2) is 0 Å². The number of likely N-dealkylation sites (N-methyl/N-ethyl adjacent to an activating group) is 2. The number of rotatable bonds is 23.